The van der Waals surface area contributed by atoms with Crippen molar-refractivity contribution in [3.63, 3.8) is 0 Å². The van der Waals surface area contributed by atoms with E-state index in [1.807, 2.05) is 18.5 Å². The molecule has 1 aromatic heterocycles. The Labute approximate surface area is 98.2 Å². The molecule has 1 heterocycles. The van der Waals surface area contributed by atoms with E-state index in [1.165, 1.54) is 12.1 Å². The minimum absolute atomic E-state index is 0.0199. The molecule has 2 N–H and O–H groups in total. The Morgan fingerprint density at radius 2 is 2.12 bits per heavy atom. The SMILES string of the molecule is Cc1nc2cc(C(F)(F)CCN)ccc2n1C. The fraction of sp³-hybridized carbons (Fsp3) is 0.417. The number of imidazole rings is 1. The van der Waals surface area contributed by atoms with E-state index in [1.54, 1.807) is 6.07 Å². The van der Waals surface area contributed by atoms with Gasteiger partial charge < -0.3 is 10.3 Å². The van der Waals surface area contributed by atoms with Gasteiger partial charge in [-0.2, -0.15) is 0 Å². The summed E-state index contributed by atoms with van der Waals surface area (Å²) in [5.74, 6) is -2.08. The largest absolute Gasteiger partial charge is 0.331 e. The highest BCUT2D eigenvalue weighted by Gasteiger charge is 2.30. The number of nitrogens with two attached hydrogens (primary N) is 1. The third-order valence-corrected chi connectivity index (χ3v) is 2.99. The van der Waals surface area contributed by atoms with Crippen LogP contribution in [0.5, 0.6) is 0 Å². The second-order valence-electron chi connectivity index (χ2n) is 4.16. The number of halogens is 2. The first-order valence-corrected chi connectivity index (χ1v) is 5.47. The quantitative estimate of drug-likeness (QED) is 0.893. The maximum Gasteiger partial charge on any atom is 0.274 e. The number of nitrogens with zero attached hydrogens (tertiary/aromatic N) is 2. The lowest BCUT2D eigenvalue weighted by atomic mass is 10.0. The molecule has 0 aliphatic rings. The molecule has 0 bridgehead atoms. The zero-order chi connectivity index (χ0) is 12.6. The standard InChI is InChI=1S/C12H15F2N3/c1-8-16-10-7-9(12(13,14)5-6-15)3-4-11(10)17(8)2/h3-4,7H,5-6,15H2,1-2H3. The van der Waals surface area contributed by atoms with Crippen LogP contribution in [0.4, 0.5) is 8.78 Å². The molecule has 0 fully saturated rings. The van der Waals surface area contributed by atoms with Crippen molar-refractivity contribution in [3.05, 3.63) is 29.6 Å². The predicted molar refractivity (Wildman–Crippen MR) is 63.0 cm³/mol. The molecule has 17 heavy (non-hydrogen) atoms. The van der Waals surface area contributed by atoms with E-state index in [0.29, 0.717) is 5.52 Å². The summed E-state index contributed by atoms with van der Waals surface area (Å²) >= 11 is 0. The molecule has 0 saturated carbocycles. The van der Waals surface area contributed by atoms with Gasteiger partial charge in [-0.15, -0.1) is 0 Å². The van der Waals surface area contributed by atoms with E-state index < -0.39 is 5.92 Å². The molecule has 0 atom stereocenters. The fourth-order valence-corrected chi connectivity index (χ4v) is 1.87. The number of fused-ring (bicyclic) bond motifs is 1. The molecular formula is C12H15F2N3. The zero-order valence-corrected chi connectivity index (χ0v) is 9.87. The van der Waals surface area contributed by atoms with Crippen molar-refractivity contribution in [1.82, 2.24) is 9.55 Å². The first-order chi connectivity index (χ1) is 7.95. The molecule has 0 amide bonds. The highest BCUT2D eigenvalue weighted by Crippen LogP contribution is 2.32. The molecule has 2 rings (SSSR count). The van der Waals surface area contributed by atoms with Gasteiger partial charge in [0.2, 0.25) is 0 Å². The maximum absolute atomic E-state index is 13.7. The summed E-state index contributed by atoms with van der Waals surface area (Å²) in [4.78, 5) is 4.25. The normalized spacial score (nSPS) is 12.3. The van der Waals surface area contributed by atoms with Crippen molar-refractivity contribution >= 4 is 11.0 Å². The molecule has 0 aliphatic heterocycles. The average molecular weight is 239 g/mol. The number of alkyl halides is 2. The van der Waals surface area contributed by atoms with E-state index in [2.05, 4.69) is 4.98 Å². The van der Waals surface area contributed by atoms with Crippen LogP contribution in [-0.4, -0.2) is 16.1 Å². The number of hydrogen-bond acceptors (Lipinski definition) is 2. The highest BCUT2D eigenvalue weighted by atomic mass is 19.3. The molecule has 2 aromatic rings. The Morgan fingerprint density at radius 3 is 2.76 bits per heavy atom. The van der Waals surface area contributed by atoms with E-state index in [4.69, 9.17) is 5.73 Å². The maximum atomic E-state index is 13.7. The fourth-order valence-electron chi connectivity index (χ4n) is 1.87. The van der Waals surface area contributed by atoms with Crippen LogP contribution < -0.4 is 5.73 Å². The van der Waals surface area contributed by atoms with Gasteiger partial charge in [-0.3, -0.25) is 0 Å². The lowest BCUT2D eigenvalue weighted by molar-refractivity contribution is -0.0106. The molecule has 0 unspecified atom stereocenters. The third-order valence-electron chi connectivity index (χ3n) is 2.99. The lowest BCUT2D eigenvalue weighted by Gasteiger charge is -2.15. The van der Waals surface area contributed by atoms with Crippen molar-refractivity contribution in [2.24, 2.45) is 12.8 Å². The van der Waals surface area contributed by atoms with Gasteiger partial charge >= 0.3 is 0 Å². The smallest absolute Gasteiger partial charge is 0.274 e. The van der Waals surface area contributed by atoms with Gasteiger partial charge in [-0.25, -0.2) is 13.8 Å². The van der Waals surface area contributed by atoms with Crippen LogP contribution in [0.1, 0.15) is 17.8 Å². The zero-order valence-electron chi connectivity index (χ0n) is 9.87. The molecule has 3 nitrogen and oxygen atoms in total. The summed E-state index contributed by atoms with van der Waals surface area (Å²) in [6.45, 7) is 1.81. The Hall–Kier alpha value is -1.49. The van der Waals surface area contributed by atoms with Crippen LogP contribution in [0.25, 0.3) is 11.0 Å². The van der Waals surface area contributed by atoms with Crippen LogP contribution in [0, 0.1) is 6.92 Å². The molecule has 0 spiro atoms. The van der Waals surface area contributed by atoms with Crippen molar-refractivity contribution < 1.29 is 8.78 Å². The van der Waals surface area contributed by atoms with Crippen LogP contribution in [0.15, 0.2) is 18.2 Å². The van der Waals surface area contributed by atoms with E-state index in [0.717, 1.165) is 11.3 Å². The summed E-state index contributed by atoms with van der Waals surface area (Å²) < 4.78 is 29.2. The Balaban J connectivity index is 2.51. The summed E-state index contributed by atoms with van der Waals surface area (Å²) in [6.07, 6.45) is -0.343. The second kappa shape index (κ2) is 4.07. The third kappa shape index (κ3) is 2.02. The molecular weight excluding hydrogens is 224 g/mol. The van der Waals surface area contributed by atoms with Gasteiger partial charge in [-0.05, 0) is 25.6 Å². The summed E-state index contributed by atoms with van der Waals surface area (Å²) in [7, 11) is 1.86. The minimum Gasteiger partial charge on any atom is -0.331 e. The Bertz CT molecular complexity index is 546. The van der Waals surface area contributed by atoms with Crippen LogP contribution in [-0.2, 0) is 13.0 Å². The summed E-state index contributed by atoms with van der Waals surface area (Å²) in [5.41, 5.74) is 6.63. The van der Waals surface area contributed by atoms with Gasteiger partial charge in [0.1, 0.15) is 5.82 Å². The van der Waals surface area contributed by atoms with Crippen molar-refractivity contribution in [2.75, 3.05) is 6.54 Å². The summed E-state index contributed by atoms with van der Waals surface area (Å²) in [6, 6.07) is 4.56. The Kier molecular flexibility index (Phi) is 2.87. The topological polar surface area (TPSA) is 43.8 Å². The molecule has 92 valence electrons. The second-order valence-corrected chi connectivity index (χ2v) is 4.16. The number of rotatable bonds is 3. The van der Waals surface area contributed by atoms with Crippen LogP contribution in [0.3, 0.4) is 0 Å². The number of aryl methyl sites for hydroxylation is 2. The van der Waals surface area contributed by atoms with Gasteiger partial charge in [0.15, 0.2) is 0 Å². The number of hydrogen-bond donors (Lipinski definition) is 1. The molecule has 1 aromatic carbocycles. The van der Waals surface area contributed by atoms with E-state index in [9.17, 15) is 8.78 Å². The predicted octanol–water partition coefficient (Wildman–Crippen LogP) is 2.32. The van der Waals surface area contributed by atoms with Crippen molar-refractivity contribution in [2.45, 2.75) is 19.3 Å². The van der Waals surface area contributed by atoms with Crippen molar-refractivity contribution in [3.8, 4) is 0 Å². The van der Waals surface area contributed by atoms with E-state index >= 15 is 0 Å². The van der Waals surface area contributed by atoms with E-state index in [-0.39, 0.29) is 18.5 Å². The monoisotopic (exact) mass is 239 g/mol. The molecule has 0 radical (unpaired) electrons. The number of aromatic nitrogens is 2. The van der Waals surface area contributed by atoms with Gasteiger partial charge in [0, 0.05) is 19.0 Å². The molecule has 0 saturated heterocycles. The van der Waals surface area contributed by atoms with Crippen LogP contribution in [0.2, 0.25) is 0 Å². The van der Waals surface area contributed by atoms with Gasteiger partial charge in [-0.1, -0.05) is 6.07 Å². The summed E-state index contributed by atoms with van der Waals surface area (Å²) in [5, 5.41) is 0. The lowest BCUT2D eigenvalue weighted by Crippen LogP contribution is -2.18. The van der Waals surface area contributed by atoms with Gasteiger partial charge in [0.05, 0.1) is 11.0 Å². The minimum atomic E-state index is -2.88. The van der Waals surface area contributed by atoms with Crippen molar-refractivity contribution in [1.29, 1.82) is 0 Å². The first-order valence-electron chi connectivity index (χ1n) is 5.47. The van der Waals surface area contributed by atoms with Gasteiger partial charge in [0.25, 0.3) is 5.92 Å². The Morgan fingerprint density at radius 1 is 1.41 bits per heavy atom. The van der Waals surface area contributed by atoms with Crippen LogP contribution >= 0.6 is 0 Å². The molecule has 0 aliphatic carbocycles. The first kappa shape index (κ1) is 12.0. The molecule has 5 heteroatoms. The average Bonchev–Trinajstić information content (AvgIpc) is 2.54. The number of benzene rings is 1. The highest BCUT2D eigenvalue weighted by molar-refractivity contribution is 5.77.